The summed E-state index contributed by atoms with van der Waals surface area (Å²) in [4.78, 5) is 10.7. The van der Waals surface area contributed by atoms with Gasteiger partial charge in [0.15, 0.2) is 0 Å². The van der Waals surface area contributed by atoms with Crippen molar-refractivity contribution in [2.45, 2.75) is 13.2 Å². The molecule has 1 aromatic carbocycles. The number of hydrogen-bond acceptors (Lipinski definition) is 3. The quantitative estimate of drug-likeness (QED) is 0.705. The third kappa shape index (κ3) is 2.04. The Bertz CT molecular complexity index is 362. The maximum absolute atomic E-state index is 10.7. The zero-order valence-electron chi connectivity index (χ0n) is 7.20. The fraction of sp³-hybridized carbons (Fsp3) is 0.222. The van der Waals surface area contributed by atoms with Crippen LogP contribution >= 0.6 is 11.6 Å². The van der Waals surface area contributed by atoms with Crippen molar-refractivity contribution in [2.24, 2.45) is 0 Å². The molecule has 1 rings (SSSR count). The molecule has 0 amide bonds. The van der Waals surface area contributed by atoms with E-state index in [2.05, 4.69) is 0 Å². The summed E-state index contributed by atoms with van der Waals surface area (Å²) in [6, 6.07) is 2.67. The minimum absolute atomic E-state index is 0.0796. The summed E-state index contributed by atoms with van der Waals surface area (Å²) in [5.74, 6) is -1.17. The molecule has 1 aromatic rings. The van der Waals surface area contributed by atoms with Gasteiger partial charge in [0.05, 0.1) is 18.8 Å². The highest BCUT2D eigenvalue weighted by molar-refractivity contribution is 6.31. The summed E-state index contributed by atoms with van der Waals surface area (Å²) in [5.41, 5.74) is 0.450. The number of carboxylic acids is 1. The van der Waals surface area contributed by atoms with Crippen molar-refractivity contribution in [1.29, 1.82) is 0 Å². The van der Waals surface area contributed by atoms with E-state index in [-0.39, 0.29) is 22.8 Å². The lowest BCUT2D eigenvalue weighted by Crippen LogP contribution is -2.06. The van der Waals surface area contributed by atoms with Crippen LogP contribution in [0, 0.1) is 0 Å². The highest BCUT2D eigenvalue weighted by atomic mass is 35.5. The van der Waals surface area contributed by atoms with E-state index in [0.29, 0.717) is 5.56 Å². The zero-order valence-corrected chi connectivity index (χ0v) is 7.95. The maximum atomic E-state index is 10.7. The van der Waals surface area contributed by atoms with Gasteiger partial charge < -0.3 is 15.3 Å². The molecule has 0 aliphatic carbocycles. The molecule has 0 aliphatic heterocycles. The van der Waals surface area contributed by atoms with Crippen LogP contribution in [0.4, 0.5) is 0 Å². The number of benzene rings is 1. The molecule has 0 unspecified atom stereocenters. The van der Waals surface area contributed by atoms with Crippen LogP contribution in [0.15, 0.2) is 12.1 Å². The Morgan fingerprint density at radius 2 is 1.93 bits per heavy atom. The molecule has 0 saturated carbocycles. The van der Waals surface area contributed by atoms with Crippen molar-refractivity contribution >= 4 is 17.6 Å². The molecule has 0 aromatic heterocycles. The van der Waals surface area contributed by atoms with Crippen molar-refractivity contribution in [2.75, 3.05) is 0 Å². The summed E-state index contributed by atoms with van der Waals surface area (Å²) in [5, 5.41) is 26.9. The Morgan fingerprint density at radius 3 is 2.36 bits per heavy atom. The summed E-state index contributed by atoms with van der Waals surface area (Å²) >= 11 is 5.65. The van der Waals surface area contributed by atoms with Crippen LogP contribution in [0.2, 0.25) is 5.02 Å². The number of carboxylic acid groups (broad SMARTS) is 1. The smallest absolute Gasteiger partial charge is 0.336 e. The summed E-state index contributed by atoms with van der Waals surface area (Å²) in [6.07, 6.45) is 0. The molecule has 0 spiro atoms. The molecule has 76 valence electrons. The molecular weight excluding hydrogens is 208 g/mol. The Balaban J connectivity index is 3.39. The molecule has 3 N–H and O–H groups in total. The fourth-order valence-electron chi connectivity index (χ4n) is 1.21. The lowest BCUT2D eigenvalue weighted by atomic mass is 10.0. The van der Waals surface area contributed by atoms with Crippen LogP contribution in [-0.2, 0) is 13.2 Å². The summed E-state index contributed by atoms with van der Waals surface area (Å²) in [6.45, 7) is -0.786. The molecule has 0 heterocycles. The standard InChI is InChI=1S/C9H9ClO4/c10-6-1-5(3-11)8(4-12)7(2-6)9(13)14/h1-2,11-12H,3-4H2,(H,13,14). The maximum Gasteiger partial charge on any atom is 0.336 e. The molecule has 0 fully saturated rings. The van der Waals surface area contributed by atoms with Gasteiger partial charge in [-0.2, -0.15) is 0 Å². The Kier molecular flexibility index (Phi) is 3.46. The van der Waals surface area contributed by atoms with Crippen molar-refractivity contribution in [1.82, 2.24) is 0 Å². The van der Waals surface area contributed by atoms with Crippen molar-refractivity contribution in [3.8, 4) is 0 Å². The number of carbonyl (C=O) groups is 1. The molecular formula is C9H9ClO4. The van der Waals surface area contributed by atoms with E-state index in [4.69, 9.17) is 26.9 Å². The van der Waals surface area contributed by atoms with Gasteiger partial charge >= 0.3 is 5.97 Å². The number of hydrogen-bond donors (Lipinski definition) is 3. The Morgan fingerprint density at radius 1 is 1.29 bits per heavy atom. The fourth-order valence-corrected chi connectivity index (χ4v) is 1.45. The van der Waals surface area contributed by atoms with Gasteiger partial charge in [-0.1, -0.05) is 11.6 Å². The van der Waals surface area contributed by atoms with E-state index in [0.717, 1.165) is 0 Å². The zero-order chi connectivity index (χ0) is 10.7. The van der Waals surface area contributed by atoms with Gasteiger partial charge in [0.2, 0.25) is 0 Å². The van der Waals surface area contributed by atoms with Crippen LogP contribution < -0.4 is 0 Å². The number of rotatable bonds is 3. The Hall–Kier alpha value is -1.10. The van der Waals surface area contributed by atoms with Crippen molar-refractivity contribution in [3.05, 3.63) is 33.8 Å². The van der Waals surface area contributed by atoms with Gasteiger partial charge in [-0.15, -0.1) is 0 Å². The van der Waals surface area contributed by atoms with Crippen molar-refractivity contribution in [3.63, 3.8) is 0 Å². The van der Waals surface area contributed by atoms with Gasteiger partial charge in [-0.25, -0.2) is 4.79 Å². The average molecular weight is 217 g/mol. The molecule has 0 saturated heterocycles. The first-order valence-electron chi connectivity index (χ1n) is 3.86. The topological polar surface area (TPSA) is 77.8 Å². The number of aromatic carboxylic acids is 1. The van der Waals surface area contributed by atoms with Crippen molar-refractivity contribution < 1.29 is 20.1 Å². The van der Waals surface area contributed by atoms with E-state index in [9.17, 15) is 4.79 Å². The van der Waals surface area contributed by atoms with Crippen LogP contribution in [-0.4, -0.2) is 21.3 Å². The van der Waals surface area contributed by atoms with Gasteiger partial charge in [0, 0.05) is 5.02 Å². The number of halogens is 1. The van der Waals surface area contributed by atoms with Crippen LogP contribution in [0.3, 0.4) is 0 Å². The largest absolute Gasteiger partial charge is 0.478 e. The van der Waals surface area contributed by atoms with E-state index in [1.54, 1.807) is 0 Å². The van der Waals surface area contributed by atoms with Gasteiger partial charge in [-0.05, 0) is 23.3 Å². The SMILES string of the molecule is O=C(O)c1cc(Cl)cc(CO)c1CO. The first kappa shape index (κ1) is 11.0. The first-order valence-corrected chi connectivity index (χ1v) is 4.24. The molecule has 0 aliphatic rings. The third-order valence-electron chi connectivity index (χ3n) is 1.87. The van der Waals surface area contributed by atoms with Gasteiger partial charge in [0.25, 0.3) is 0 Å². The molecule has 0 atom stereocenters. The second-order valence-corrected chi connectivity index (χ2v) is 3.15. The predicted molar refractivity (Wildman–Crippen MR) is 50.3 cm³/mol. The molecule has 14 heavy (non-hydrogen) atoms. The normalized spacial score (nSPS) is 10.2. The molecule has 4 nitrogen and oxygen atoms in total. The first-order chi connectivity index (χ1) is 6.60. The van der Waals surface area contributed by atoms with E-state index < -0.39 is 12.6 Å². The minimum Gasteiger partial charge on any atom is -0.478 e. The Labute approximate surface area is 85.4 Å². The third-order valence-corrected chi connectivity index (χ3v) is 2.08. The monoisotopic (exact) mass is 216 g/mol. The van der Waals surface area contributed by atoms with Crippen LogP contribution in [0.1, 0.15) is 21.5 Å². The second kappa shape index (κ2) is 4.41. The van der Waals surface area contributed by atoms with E-state index >= 15 is 0 Å². The lowest BCUT2D eigenvalue weighted by Gasteiger charge is -2.08. The molecule has 0 bridgehead atoms. The van der Waals surface area contributed by atoms with Crippen LogP contribution in [0.5, 0.6) is 0 Å². The summed E-state index contributed by atoms with van der Waals surface area (Å²) in [7, 11) is 0. The van der Waals surface area contributed by atoms with Gasteiger partial charge in [-0.3, -0.25) is 0 Å². The number of aliphatic hydroxyl groups excluding tert-OH is 2. The molecule has 5 heteroatoms. The van der Waals surface area contributed by atoms with E-state index in [1.807, 2.05) is 0 Å². The average Bonchev–Trinajstić information content (AvgIpc) is 2.16. The second-order valence-electron chi connectivity index (χ2n) is 2.71. The van der Waals surface area contributed by atoms with Crippen LogP contribution in [0.25, 0.3) is 0 Å². The predicted octanol–water partition coefficient (Wildman–Crippen LogP) is 1.02. The number of aliphatic hydroxyl groups is 2. The highest BCUT2D eigenvalue weighted by Crippen LogP contribution is 2.21. The highest BCUT2D eigenvalue weighted by Gasteiger charge is 2.14. The van der Waals surface area contributed by atoms with E-state index in [1.165, 1.54) is 12.1 Å². The van der Waals surface area contributed by atoms with Gasteiger partial charge in [0.1, 0.15) is 0 Å². The lowest BCUT2D eigenvalue weighted by molar-refractivity contribution is 0.0693. The summed E-state index contributed by atoms with van der Waals surface area (Å²) < 4.78 is 0. The molecule has 0 radical (unpaired) electrons. The minimum atomic E-state index is -1.17.